The van der Waals surface area contributed by atoms with Crippen LogP contribution in [0, 0.1) is 20.8 Å². The lowest BCUT2D eigenvalue weighted by Crippen LogP contribution is -2.54. The third-order valence-electron chi connectivity index (χ3n) is 5.03. The smallest absolute Gasteiger partial charge is 0.229 e. The summed E-state index contributed by atoms with van der Waals surface area (Å²) in [4.78, 5) is 14.9. The molecule has 1 aliphatic heterocycles. The molecule has 0 aromatic heterocycles. The summed E-state index contributed by atoms with van der Waals surface area (Å²) in [5, 5.41) is 0. The lowest BCUT2D eigenvalue weighted by atomic mass is 9.70. The second-order valence-corrected chi connectivity index (χ2v) is 6.95. The third kappa shape index (κ3) is 4.07. The molecule has 1 fully saturated rings. The predicted octanol–water partition coefficient (Wildman–Crippen LogP) is 3.65. The number of amides is 1. The van der Waals surface area contributed by atoms with E-state index in [4.69, 9.17) is 5.73 Å². The average Bonchev–Trinajstić information content (AvgIpc) is 2.44. The second kappa shape index (κ2) is 8.16. The van der Waals surface area contributed by atoms with Gasteiger partial charge in [-0.15, -0.1) is 12.4 Å². The first-order valence-electron chi connectivity index (χ1n) is 8.51. The first kappa shape index (κ1) is 20.0. The number of hydrogen-bond donors (Lipinski definition) is 1. The van der Waals surface area contributed by atoms with Gasteiger partial charge in [-0.05, 0) is 69.8 Å². The van der Waals surface area contributed by atoms with Crippen molar-refractivity contribution in [3.63, 3.8) is 0 Å². The van der Waals surface area contributed by atoms with E-state index in [-0.39, 0.29) is 18.3 Å². The highest BCUT2D eigenvalue weighted by molar-refractivity contribution is 5.88. The molecule has 1 unspecified atom stereocenters. The highest BCUT2D eigenvalue weighted by Gasteiger charge is 2.43. The van der Waals surface area contributed by atoms with Gasteiger partial charge in [-0.1, -0.05) is 31.0 Å². The summed E-state index contributed by atoms with van der Waals surface area (Å²) in [5.74, 6) is -0.163. The fourth-order valence-electron chi connectivity index (χ4n) is 4.18. The average molecular weight is 339 g/mol. The summed E-state index contributed by atoms with van der Waals surface area (Å²) >= 11 is 0. The van der Waals surface area contributed by atoms with Crippen molar-refractivity contribution in [1.82, 2.24) is 4.90 Å². The summed E-state index contributed by atoms with van der Waals surface area (Å²) in [6, 6.07) is 4.36. The third-order valence-corrected chi connectivity index (χ3v) is 5.03. The Balaban J connectivity index is 0.00000264. The number of aryl methyl sites for hydroxylation is 3. The molecule has 2 N–H and O–H groups in total. The van der Waals surface area contributed by atoms with Gasteiger partial charge in [0, 0.05) is 6.54 Å². The van der Waals surface area contributed by atoms with Gasteiger partial charge in [0.05, 0.1) is 5.41 Å². The van der Waals surface area contributed by atoms with Crippen LogP contribution in [0.5, 0.6) is 0 Å². The van der Waals surface area contributed by atoms with Gasteiger partial charge in [-0.3, -0.25) is 4.79 Å². The van der Waals surface area contributed by atoms with Gasteiger partial charge in [0.15, 0.2) is 0 Å². The number of hydrogen-bond acceptors (Lipinski definition) is 2. The molecule has 0 aliphatic carbocycles. The molecule has 1 aliphatic rings. The van der Waals surface area contributed by atoms with Crippen LogP contribution in [-0.2, 0) is 10.2 Å². The quantitative estimate of drug-likeness (QED) is 0.890. The van der Waals surface area contributed by atoms with Crippen molar-refractivity contribution in [3.05, 3.63) is 34.4 Å². The van der Waals surface area contributed by atoms with Crippen LogP contribution in [0.25, 0.3) is 0 Å². The number of carbonyl (C=O) groups is 1. The monoisotopic (exact) mass is 338 g/mol. The van der Waals surface area contributed by atoms with Crippen LogP contribution in [0.1, 0.15) is 54.9 Å². The van der Waals surface area contributed by atoms with Crippen LogP contribution >= 0.6 is 12.4 Å². The fraction of sp³-hybridized carbons (Fsp3) is 0.632. The van der Waals surface area contributed by atoms with Gasteiger partial charge in [-0.2, -0.15) is 0 Å². The first-order valence-corrected chi connectivity index (χ1v) is 8.51. The summed E-state index contributed by atoms with van der Waals surface area (Å²) in [7, 11) is 0. The second-order valence-electron chi connectivity index (χ2n) is 6.95. The molecule has 1 atom stereocenters. The zero-order valence-electron chi connectivity index (χ0n) is 14.9. The molecule has 1 saturated heterocycles. The largest absolute Gasteiger partial charge is 0.369 e. The lowest BCUT2D eigenvalue weighted by molar-refractivity contribution is -0.125. The molecule has 4 heteroatoms. The maximum absolute atomic E-state index is 12.5. The van der Waals surface area contributed by atoms with Crippen molar-refractivity contribution in [3.8, 4) is 0 Å². The number of unbranched alkanes of at least 4 members (excludes halogenated alkanes) is 1. The van der Waals surface area contributed by atoms with Crippen molar-refractivity contribution in [2.24, 2.45) is 5.73 Å². The molecule has 130 valence electrons. The van der Waals surface area contributed by atoms with Crippen LogP contribution in [0.15, 0.2) is 12.1 Å². The van der Waals surface area contributed by atoms with Crippen LogP contribution < -0.4 is 5.73 Å². The molecule has 0 radical (unpaired) electrons. The van der Waals surface area contributed by atoms with E-state index >= 15 is 0 Å². The zero-order valence-corrected chi connectivity index (χ0v) is 15.8. The molecule has 0 spiro atoms. The number of nitrogens with two attached hydrogens (primary N) is 1. The van der Waals surface area contributed by atoms with E-state index in [1.807, 2.05) is 0 Å². The Morgan fingerprint density at radius 1 is 1.26 bits per heavy atom. The van der Waals surface area contributed by atoms with Crippen LogP contribution in [0.4, 0.5) is 0 Å². The fourth-order valence-corrected chi connectivity index (χ4v) is 4.18. The number of benzene rings is 1. The SMILES string of the molecule is CCCCN1CCCC(C(N)=O)(c2c(C)cc(C)cc2C)C1.Cl. The van der Waals surface area contributed by atoms with E-state index < -0.39 is 5.41 Å². The van der Waals surface area contributed by atoms with Gasteiger partial charge in [0.1, 0.15) is 0 Å². The highest BCUT2D eigenvalue weighted by Crippen LogP contribution is 2.38. The predicted molar refractivity (Wildman–Crippen MR) is 99.4 cm³/mol. The van der Waals surface area contributed by atoms with Crippen LogP contribution in [0.2, 0.25) is 0 Å². The summed E-state index contributed by atoms with van der Waals surface area (Å²) in [6.07, 6.45) is 4.28. The topological polar surface area (TPSA) is 46.3 Å². The first-order chi connectivity index (χ1) is 10.4. The molecule has 1 heterocycles. The Hall–Kier alpha value is -1.06. The Kier molecular flexibility index (Phi) is 7.09. The van der Waals surface area contributed by atoms with Gasteiger partial charge in [-0.25, -0.2) is 0 Å². The van der Waals surface area contributed by atoms with Gasteiger partial charge >= 0.3 is 0 Å². The van der Waals surface area contributed by atoms with Crippen LogP contribution in [-0.4, -0.2) is 30.4 Å². The molecule has 1 aromatic rings. The molecule has 0 saturated carbocycles. The number of primary amides is 1. The van der Waals surface area contributed by atoms with Crippen molar-refractivity contribution in [2.75, 3.05) is 19.6 Å². The zero-order chi connectivity index (χ0) is 16.3. The van der Waals surface area contributed by atoms with E-state index in [1.54, 1.807) is 0 Å². The number of nitrogens with zero attached hydrogens (tertiary/aromatic N) is 1. The standard InChI is InChI=1S/C19H30N2O.ClH/c1-5-6-9-21-10-7-8-19(13-21,18(20)22)17-15(3)11-14(2)12-16(17)4;/h11-12H,5-10,13H2,1-4H3,(H2,20,22);1H. The van der Waals surface area contributed by atoms with E-state index in [1.165, 1.54) is 35.1 Å². The van der Waals surface area contributed by atoms with Crippen molar-refractivity contribution < 1.29 is 4.79 Å². The van der Waals surface area contributed by atoms with E-state index in [0.717, 1.165) is 32.5 Å². The van der Waals surface area contributed by atoms with E-state index in [9.17, 15) is 4.79 Å². The number of likely N-dealkylation sites (tertiary alicyclic amines) is 1. The number of piperidine rings is 1. The van der Waals surface area contributed by atoms with Crippen molar-refractivity contribution >= 4 is 18.3 Å². The lowest BCUT2D eigenvalue weighted by Gasteiger charge is -2.42. The normalized spacial score (nSPS) is 21.7. The van der Waals surface area contributed by atoms with Gasteiger partial charge in [0.25, 0.3) is 0 Å². The molecular weight excluding hydrogens is 308 g/mol. The van der Waals surface area contributed by atoms with Crippen LogP contribution in [0.3, 0.4) is 0 Å². The molecule has 1 aromatic carbocycles. The maximum Gasteiger partial charge on any atom is 0.229 e. The minimum Gasteiger partial charge on any atom is -0.369 e. The van der Waals surface area contributed by atoms with Gasteiger partial charge < -0.3 is 10.6 Å². The van der Waals surface area contributed by atoms with E-state index in [0.29, 0.717) is 0 Å². The number of halogens is 1. The minimum absolute atomic E-state index is 0. The summed E-state index contributed by atoms with van der Waals surface area (Å²) in [6.45, 7) is 11.5. The Labute approximate surface area is 147 Å². The van der Waals surface area contributed by atoms with Crippen molar-refractivity contribution in [2.45, 2.75) is 58.8 Å². The molecular formula is C19H31ClN2O. The molecule has 1 amide bonds. The Bertz CT molecular complexity index is 535. The Morgan fingerprint density at radius 2 is 1.87 bits per heavy atom. The van der Waals surface area contributed by atoms with Gasteiger partial charge in [0.2, 0.25) is 5.91 Å². The summed E-state index contributed by atoms with van der Waals surface area (Å²) < 4.78 is 0. The summed E-state index contributed by atoms with van der Waals surface area (Å²) in [5.41, 5.74) is 10.2. The number of rotatable bonds is 5. The molecule has 3 nitrogen and oxygen atoms in total. The maximum atomic E-state index is 12.5. The van der Waals surface area contributed by atoms with E-state index in [2.05, 4.69) is 44.7 Å². The molecule has 0 bridgehead atoms. The number of carbonyl (C=O) groups excluding carboxylic acids is 1. The molecule has 2 rings (SSSR count). The Morgan fingerprint density at radius 3 is 2.39 bits per heavy atom. The minimum atomic E-state index is -0.520. The highest BCUT2D eigenvalue weighted by atomic mass is 35.5. The molecule has 23 heavy (non-hydrogen) atoms. The van der Waals surface area contributed by atoms with Crippen molar-refractivity contribution in [1.29, 1.82) is 0 Å².